The van der Waals surface area contributed by atoms with Crippen molar-refractivity contribution in [2.75, 3.05) is 45.9 Å². The zero-order valence-corrected chi connectivity index (χ0v) is 21.9. The van der Waals surface area contributed by atoms with Gasteiger partial charge >= 0.3 is 5.97 Å². The van der Waals surface area contributed by atoms with Gasteiger partial charge in [-0.15, -0.1) is 0 Å². The molecule has 0 saturated carbocycles. The highest BCUT2D eigenvalue weighted by Gasteiger charge is 2.28. The molecule has 0 aliphatic carbocycles. The van der Waals surface area contributed by atoms with E-state index in [0.29, 0.717) is 44.8 Å². The molecule has 8 nitrogen and oxygen atoms in total. The molecule has 3 heterocycles. The van der Waals surface area contributed by atoms with Gasteiger partial charge in [0.25, 0.3) is 0 Å². The summed E-state index contributed by atoms with van der Waals surface area (Å²) in [6.07, 6.45) is 8.84. The molecule has 1 aromatic rings. The summed E-state index contributed by atoms with van der Waals surface area (Å²) in [6, 6.07) is 0. The van der Waals surface area contributed by atoms with E-state index in [-0.39, 0.29) is 23.7 Å². The molecule has 196 valence electrons. The second-order valence-electron chi connectivity index (χ2n) is 10.0. The minimum absolute atomic E-state index is 0.0707. The van der Waals surface area contributed by atoms with Crippen molar-refractivity contribution in [2.45, 2.75) is 78.6 Å². The molecule has 2 fully saturated rings. The Kier molecular flexibility index (Phi) is 10.6. The Morgan fingerprint density at radius 3 is 2.51 bits per heavy atom. The minimum Gasteiger partial charge on any atom is -0.461 e. The Morgan fingerprint density at radius 2 is 1.80 bits per heavy atom. The molecule has 2 amide bonds. The van der Waals surface area contributed by atoms with Crippen molar-refractivity contribution in [2.24, 2.45) is 5.92 Å². The normalized spacial score (nSPS) is 19.3. The van der Waals surface area contributed by atoms with Crippen molar-refractivity contribution in [1.29, 1.82) is 0 Å². The number of carbonyl (C=O) groups is 3. The van der Waals surface area contributed by atoms with E-state index in [1.165, 1.54) is 38.8 Å². The standard InChI is InChI=1S/C27H44N4O4/c1-4-35-27(34)25-20(2)23(21(3)29-25)12-13-24(32)31-18-9-11-22(19-31)26(33)28-14-10-17-30-15-7-5-6-8-16-30/h22,29H,4-19H2,1-3H3,(H,28,33)/t22-/m0/s1. The molecule has 8 heteroatoms. The maximum absolute atomic E-state index is 13.0. The Balaban J connectivity index is 1.42. The smallest absolute Gasteiger partial charge is 0.355 e. The summed E-state index contributed by atoms with van der Waals surface area (Å²) in [5.41, 5.74) is 3.22. The number of piperidine rings is 1. The number of aromatic nitrogens is 1. The number of rotatable bonds is 10. The van der Waals surface area contributed by atoms with Gasteiger partial charge in [0, 0.05) is 31.7 Å². The fraction of sp³-hybridized carbons (Fsp3) is 0.741. The molecule has 35 heavy (non-hydrogen) atoms. The Hall–Kier alpha value is -2.35. The number of H-pyrrole nitrogens is 1. The van der Waals surface area contributed by atoms with E-state index in [1.54, 1.807) is 6.92 Å². The molecule has 0 unspecified atom stereocenters. The van der Waals surface area contributed by atoms with Gasteiger partial charge in [-0.2, -0.15) is 0 Å². The van der Waals surface area contributed by atoms with E-state index < -0.39 is 0 Å². The fourth-order valence-electron chi connectivity index (χ4n) is 5.40. The van der Waals surface area contributed by atoms with E-state index in [4.69, 9.17) is 4.74 Å². The van der Waals surface area contributed by atoms with Crippen LogP contribution < -0.4 is 5.32 Å². The molecule has 3 rings (SSSR count). The molecule has 0 spiro atoms. The molecule has 0 bridgehead atoms. The van der Waals surface area contributed by atoms with Crippen LogP contribution in [0.15, 0.2) is 0 Å². The second-order valence-corrected chi connectivity index (χ2v) is 10.0. The Bertz CT molecular complexity index is 858. The van der Waals surface area contributed by atoms with Crippen LogP contribution in [-0.2, 0) is 20.7 Å². The SMILES string of the molecule is CCOC(=O)c1[nH]c(C)c(CCC(=O)N2CCC[C@H](C(=O)NCCCN3CCCCCC3)C2)c1C. The van der Waals surface area contributed by atoms with E-state index in [1.807, 2.05) is 18.7 Å². The number of hydrogen-bond acceptors (Lipinski definition) is 5. The van der Waals surface area contributed by atoms with Gasteiger partial charge in [0.05, 0.1) is 12.5 Å². The summed E-state index contributed by atoms with van der Waals surface area (Å²) in [4.78, 5) is 45.3. The highest BCUT2D eigenvalue weighted by Crippen LogP contribution is 2.22. The summed E-state index contributed by atoms with van der Waals surface area (Å²) in [5.74, 6) is -0.338. The predicted molar refractivity (Wildman–Crippen MR) is 136 cm³/mol. The summed E-state index contributed by atoms with van der Waals surface area (Å²) >= 11 is 0. The first-order chi connectivity index (χ1) is 16.9. The first kappa shape index (κ1) is 27.2. The quantitative estimate of drug-likeness (QED) is 0.389. The highest BCUT2D eigenvalue weighted by molar-refractivity contribution is 5.90. The van der Waals surface area contributed by atoms with Crippen LogP contribution >= 0.6 is 0 Å². The lowest BCUT2D eigenvalue weighted by molar-refractivity contribution is -0.135. The fourth-order valence-corrected chi connectivity index (χ4v) is 5.40. The van der Waals surface area contributed by atoms with Crippen LogP contribution in [0.1, 0.15) is 85.6 Å². The van der Waals surface area contributed by atoms with E-state index >= 15 is 0 Å². The molecule has 2 N–H and O–H groups in total. The zero-order chi connectivity index (χ0) is 25.2. The molecule has 0 aromatic carbocycles. The van der Waals surface area contributed by atoms with Gasteiger partial charge in [-0.25, -0.2) is 4.79 Å². The molecule has 1 aromatic heterocycles. The number of nitrogens with zero attached hydrogens (tertiary/aromatic N) is 2. The summed E-state index contributed by atoms with van der Waals surface area (Å²) in [6.45, 7) is 11.2. The van der Waals surface area contributed by atoms with Crippen LogP contribution in [0, 0.1) is 19.8 Å². The van der Waals surface area contributed by atoms with Crippen LogP contribution in [0.5, 0.6) is 0 Å². The lowest BCUT2D eigenvalue weighted by Gasteiger charge is -2.32. The third-order valence-corrected chi connectivity index (χ3v) is 7.46. The minimum atomic E-state index is -0.359. The molecule has 0 radical (unpaired) electrons. The van der Waals surface area contributed by atoms with Crippen LogP contribution in [0.3, 0.4) is 0 Å². The topological polar surface area (TPSA) is 94.7 Å². The van der Waals surface area contributed by atoms with Crippen molar-refractivity contribution in [3.63, 3.8) is 0 Å². The maximum Gasteiger partial charge on any atom is 0.355 e. The number of ether oxygens (including phenoxy) is 1. The van der Waals surface area contributed by atoms with Gasteiger partial charge in [0.1, 0.15) is 5.69 Å². The Morgan fingerprint density at radius 1 is 1.06 bits per heavy atom. The first-order valence-electron chi connectivity index (χ1n) is 13.5. The van der Waals surface area contributed by atoms with Gasteiger partial charge in [-0.3, -0.25) is 9.59 Å². The summed E-state index contributed by atoms with van der Waals surface area (Å²) < 4.78 is 5.12. The molecular formula is C27H44N4O4. The van der Waals surface area contributed by atoms with Crippen LogP contribution in [-0.4, -0.2) is 78.4 Å². The molecule has 1 atom stereocenters. The maximum atomic E-state index is 13.0. The van der Waals surface area contributed by atoms with Crippen molar-refractivity contribution in [3.05, 3.63) is 22.5 Å². The number of aryl methyl sites for hydroxylation is 1. The summed E-state index contributed by atoms with van der Waals surface area (Å²) in [7, 11) is 0. The first-order valence-corrected chi connectivity index (χ1v) is 13.5. The van der Waals surface area contributed by atoms with E-state index in [9.17, 15) is 14.4 Å². The predicted octanol–water partition coefficient (Wildman–Crippen LogP) is 3.36. The third kappa shape index (κ3) is 7.82. The van der Waals surface area contributed by atoms with Crippen molar-refractivity contribution < 1.29 is 19.1 Å². The van der Waals surface area contributed by atoms with Gasteiger partial charge in [-0.05, 0) is 90.1 Å². The molecule has 2 aliphatic rings. The van der Waals surface area contributed by atoms with Crippen molar-refractivity contribution >= 4 is 17.8 Å². The zero-order valence-electron chi connectivity index (χ0n) is 21.9. The number of nitrogens with one attached hydrogen (secondary N) is 2. The molecular weight excluding hydrogens is 444 g/mol. The lowest BCUT2D eigenvalue weighted by atomic mass is 9.96. The van der Waals surface area contributed by atoms with Crippen molar-refractivity contribution in [1.82, 2.24) is 20.1 Å². The van der Waals surface area contributed by atoms with E-state index in [2.05, 4.69) is 15.2 Å². The van der Waals surface area contributed by atoms with Gasteiger partial charge < -0.3 is 24.8 Å². The van der Waals surface area contributed by atoms with Crippen molar-refractivity contribution in [3.8, 4) is 0 Å². The highest BCUT2D eigenvalue weighted by atomic mass is 16.5. The van der Waals surface area contributed by atoms with Gasteiger partial charge in [0.2, 0.25) is 11.8 Å². The molecule has 2 saturated heterocycles. The van der Waals surface area contributed by atoms with Crippen LogP contribution in [0.2, 0.25) is 0 Å². The van der Waals surface area contributed by atoms with Crippen LogP contribution in [0.4, 0.5) is 0 Å². The Labute approximate surface area is 210 Å². The van der Waals surface area contributed by atoms with Gasteiger partial charge in [-0.1, -0.05) is 12.8 Å². The number of amides is 2. The van der Waals surface area contributed by atoms with E-state index in [0.717, 1.165) is 42.6 Å². The average molecular weight is 489 g/mol. The number of likely N-dealkylation sites (tertiary alicyclic amines) is 2. The number of aromatic amines is 1. The van der Waals surface area contributed by atoms with Gasteiger partial charge in [0.15, 0.2) is 0 Å². The average Bonchev–Trinajstić information content (AvgIpc) is 3.01. The summed E-state index contributed by atoms with van der Waals surface area (Å²) in [5, 5.41) is 3.11. The second kappa shape index (κ2) is 13.7. The monoisotopic (exact) mass is 488 g/mol. The molecule has 2 aliphatic heterocycles. The number of carbonyl (C=O) groups excluding carboxylic acids is 3. The third-order valence-electron chi connectivity index (χ3n) is 7.46. The lowest BCUT2D eigenvalue weighted by Crippen LogP contribution is -2.45. The number of esters is 1. The largest absolute Gasteiger partial charge is 0.461 e. The van der Waals surface area contributed by atoms with Crippen LogP contribution in [0.25, 0.3) is 0 Å². The number of hydrogen-bond donors (Lipinski definition) is 2.